The number of nitrogens with zero attached hydrogens (tertiary/aromatic N) is 4. The standard InChI is InChI=1S/C22H30N6OS/c1-14-8-10-15(11-9-14)19-24-25-20(30)27(19)13-18(29)23-17-12-16(21(2,3)4)26-28(17)22(5,6)7/h8-12H,13H2,1-7H3,(H,23,29)(H,25,30). The molecule has 0 saturated heterocycles. The van der Waals surface area contributed by atoms with Gasteiger partial charge in [0.1, 0.15) is 12.4 Å². The van der Waals surface area contributed by atoms with Gasteiger partial charge in [0, 0.05) is 17.0 Å². The summed E-state index contributed by atoms with van der Waals surface area (Å²) in [6.45, 7) is 14.6. The van der Waals surface area contributed by atoms with Crippen molar-refractivity contribution in [3.8, 4) is 11.4 Å². The second-order valence-electron chi connectivity index (χ2n) is 9.60. The molecule has 1 amide bonds. The van der Waals surface area contributed by atoms with Crippen molar-refractivity contribution >= 4 is 23.9 Å². The highest BCUT2D eigenvalue weighted by Gasteiger charge is 2.26. The number of hydrogen-bond acceptors (Lipinski definition) is 4. The van der Waals surface area contributed by atoms with Crippen LogP contribution in [0.2, 0.25) is 0 Å². The third-order valence-corrected chi connectivity index (χ3v) is 5.06. The molecule has 0 spiro atoms. The molecule has 0 aliphatic carbocycles. The number of rotatable bonds is 4. The molecule has 30 heavy (non-hydrogen) atoms. The molecule has 8 heteroatoms. The van der Waals surface area contributed by atoms with E-state index in [1.807, 2.05) is 41.9 Å². The number of benzene rings is 1. The molecule has 0 radical (unpaired) electrons. The molecule has 3 rings (SSSR count). The lowest BCUT2D eigenvalue weighted by molar-refractivity contribution is -0.116. The normalized spacial score (nSPS) is 12.2. The number of anilines is 1. The Bertz CT molecular complexity index is 1110. The highest BCUT2D eigenvalue weighted by molar-refractivity contribution is 7.71. The topological polar surface area (TPSA) is 80.5 Å². The molecule has 1 aromatic carbocycles. The summed E-state index contributed by atoms with van der Waals surface area (Å²) in [4.78, 5) is 12.9. The van der Waals surface area contributed by atoms with Crippen LogP contribution in [0.15, 0.2) is 30.3 Å². The lowest BCUT2D eigenvalue weighted by Gasteiger charge is -2.23. The van der Waals surface area contributed by atoms with E-state index in [-0.39, 0.29) is 23.4 Å². The van der Waals surface area contributed by atoms with E-state index in [4.69, 9.17) is 17.3 Å². The Hall–Kier alpha value is -2.74. The number of H-pyrrole nitrogens is 1. The zero-order chi connectivity index (χ0) is 22.3. The molecule has 2 N–H and O–H groups in total. The zero-order valence-corrected chi connectivity index (χ0v) is 19.5. The fourth-order valence-electron chi connectivity index (χ4n) is 3.06. The minimum absolute atomic E-state index is 0.0543. The van der Waals surface area contributed by atoms with Crippen LogP contribution in [0, 0.1) is 11.7 Å². The summed E-state index contributed by atoms with van der Waals surface area (Å²) in [5.74, 6) is 1.12. The number of aromatic amines is 1. The maximum Gasteiger partial charge on any atom is 0.245 e. The van der Waals surface area contributed by atoms with Gasteiger partial charge in [0.25, 0.3) is 0 Å². The number of nitrogens with one attached hydrogen (secondary N) is 2. The van der Waals surface area contributed by atoms with Crippen molar-refractivity contribution in [2.24, 2.45) is 0 Å². The Kier molecular flexibility index (Phi) is 5.73. The fourth-order valence-corrected chi connectivity index (χ4v) is 3.26. The van der Waals surface area contributed by atoms with Gasteiger partial charge in [-0.1, -0.05) is 50.6 Å². The maximum absolute atomic E-state index is 12.9. The van der Waals surface area contributed by atoms with Gasteiger partial charge in [-0.15, -0.1) is 0 Å². The summed E-state index contributed by atoms with van der Waals surface area (Å²) in [6, 6.07) is 9.90. The molecule has 0 aliphatic heterocycles. The van der Waals surface area contributed by atoms with Crippen LogP contribution in [0.5, 0.6) is 0 Å². The molecule has 2 heterocycles. The molecule has 2 aromatic heterocycles. The van der Waals surface area contributed by atoms with Crippen molar-refractivity contribution in [2.45, 2.75) is 66.0 Å². The molecule has 7 nitrogen and oxygen atoms in total. The van der Waals surface area contributed by atoms with E-state index in [0.717, 1.165) is 16.8 Å². The second-order valence-corrected chi connectivity index (χ2v) is 9.99. The quantitative estimate of drug-likeness (QED) is 0.587. The van der Waals surface area contributed by atoms with Crippen molar-refractivity contribution in [2.75, 3.05) is 5.32 Å². The first-order valence-corrected chi connectivity index (χ1v) is 10.4. The number of hydrogen-bond donors (Lipinski definition) is 2. The van der Waals surface area contributed by atoms with E-state index >= 15 is 0 Å². The molecular weight excluding hydrogens is 396 g/mol. The molecule has 3 aromatic rings. The summed E-state index contributed by atoms with van der Waals surface area (Å²) < 4.78 is 3.97. The van der Waals surface area contributed by atoms with Gasteiger partial charge in [-0.2, -0.15) is 10.2 Å². The summed E-state index contributed by atoms with van der Waals surface area (Å²) in [7, 11) is 0. The summed E-state index contributed by atoms with van der Waals surface area (Å²) in [5.41, 5.74) is 2.58. The molecule has 0 aliphatic rings. The summed E-state index contributed by atoms with van der Waals surface area (Å²) >= 11 is 5.37. The monoisotopic (exact) mass is 426 g/mol. The van der Waals surface area contributed by atoms with Crippen molar-refractivity contribution in [1.29, 1.82) is 0 Å². The van der Waals surface area contributed by atoms with Crippen LogP contribution in [0.3, 0.4) is 0 Å². The van der Waals surface area contributed by atoms with E-state index in [1.165, 1.54) is 0 Å². The van der Waals surface area contributed by atoms with Gasteiger partial charge in [0.2, 0.25) is 5.91 Å². The second kappa shape index (κ2) is 7.83. The van der Waals surface area contributed by atoms with Gasteiger partial charge in [0.15, 0.2) is 10.6 Å². The SMILES string of the molecule is Cc1ccc(-c2n[nH]c(=S)n2CC(=O)Nc2cc(C(C)(C)C)nn2C(C)(C)C)cc1. The molecule has 0 fully saturated rings. The van der Waals surface area contributed by atoms with Crippen LogP contribution in [0.25, 0.3) is 11.4 Å². The zero-order valence-electron chi connectivity index (χ0n) is 18.7. The number of aryl methyl sites for hydroxylation is 1. The average Bonchev–Trinajstić information content (AvgIpc) is 3.20. The predicted octanol–water partition coefficient (Wildman–Crippen LogP) is 4.80. The predicted molar refractivity (Wildman–Crippen MR) is 122 cm³/mol. The van der Waals surface area contributed by atoms with Crippen LogP contribution in [-0.4, -0.2) is 30.5 Å². The Balaban J connectivity index is 1.89. The smallest absolute Gasteiger partial charge is 0.245 e. The van der Waals surface area contributed by atoms with E-state index in [0.29, 0.717) is 16.4 Å². The number of carbonyl (C=O) groups is 1. The summed E-state index contributed by atoms with van der Waals surface area (Å²) in [6.07, 6.45) is 0. The van der Waals surface area contributed by atoms with Crippen LogP contribution in [0.1, 0.15) is 52.8 Å². The first-order chi connectivity index (χ1) is 13.9. The summed E-state index contributed by atoms with van der Waals surface area (Å²) in [5, 5.41) is 14.9. The van der Waals surface area contributed by atoms with Gasteiger partial charge in [-0.25, -0.2) is 4.68 Å². The van der Waals surface area contributed by atoms with Crippen LogP contribution >= 0.6 is 12.2 Å². The third kappa shape index (κ3) is 4.70. The first kappa shape index (κ1) is 22.0. The lowest BCUT2D eigenvalue weighted by Crippen LogP contribution is -2.28. The van der Waals surface area contributed by atoms with Crippen molar-refractivity contribution < 1.29 is 4.79 Å². The van der Waals surface area contributed by atoms with E-state index in [2.05, 4.69) is 57.1 Å². The Morgan fingerprint density at radius 3 is 2.33 bits per heavy atom. The largest absolute Gasteiger partial charge is 0.309 e. The van der Waals surface area contributed by atoms with E-state index < -0.39 is 0 Å². The Morgan fingerprint density at radius 1 is 1.13 bits per heavy atom. The highest BCUT2D eigenvalue weighted by atomic mass is 32.1. The van der Waals surface area contributed by atoms with Crippen molar-refractivity contribution in [1.82, 2.24) is 24.5 Å². The van der Waals surface area contributed by atoms with Gasteiger partial charge < -0.3 is 5.32 Å². The van der Waals surface area contributed by atoms with Crippen LogP contribution in [-0.2, 0) is 22.3 Å². The molecule has 0 saturated carbocycles. The number of aromatic nitrogens is 5. The van der Waals surface area contributed by atoms with Crippen molar-refractivity contribution in [3.05, 3.63) is 46.4 Å². The number of carbonyl (C=O) groups excluding carboxylic acids is 1. The number of amides is 1. The molecule has 0 bridgehead atoms. The highest BCUT2D eigenvalue weighted by Crippen LogP contribution is 2.28. The van der Waals surface area contributed by atoms with E-state index in [1.54, 1.807) is 4.57 Å². The van der Waals surface area contributed by atoms with Gasteiger partial charge in [-0.3, -0.25) is 14.5 Å². The van der Waals surface area contributed by atoms with E-state index in [9.17, 15) is 4.79 Å². The van der Waals surface area contributed by atoms with Gasteiger partial charge >= 0.3 is 0 Å². The third-order valence-electron chi connectivity index (χ3n) is 4.75. The first-order valence-electron chi connectivity index (χ1n) is 9.99. The maximum atomic E-state index is 12.9. The molecular formula is C22H30N6OS. The van der Waals surface area contributed by atoms with Crippen molar-refractivity contribution in [3.63, 3.8) is 0 Å². The molecule has 160 valence electrons. The lowest BCUT2D eigenvalue weighted by atomic mass is 9.92. The molecule has 0 unspecified atom stereocenters. The van der Waals surface area contributed by atoms with Gasteiger partial charge in [-0.05, 0) is 39.9 Å². The fraction of sp³-hybridized carbons (Fsp3) is 0.455. The van der Waals surface area contributed by atoms with Crippen LogP contribution < -0.4 is 5.32 Å². The Labute approximate surface area is 182 Å². The Morgan fingerprint density at radius 2 is 1.77 bits per heavy atom. The van der Waals surface area contributed by atoms with Crippen LogP contribution in [0.4, 0.5) is 5.82 Å². The minimum Gasteiger partial charge on any atom is -0.309 e. The average molecular weight is 427 g/mol. The van der Waals surface area contributed by atoms with Gasteiger partial charge in [0.05, 0.1) is 11.2 Å². The molecule has 0 atom stereocenters. The minimum atomic E-state index is -0.273.